The first-order valence-electron chi connectivity index (χ1n) is 3.69. The summed E-state index contributed by atoms with van der Waals surface area (Å²) < 4.78 is 0. The van der Waals surface area contributed by atoms with Gasteiger partial charge < -0.3 is 10.8 Å². The Morgan fingerprint density at radius 2 is 1.91 bits per heavy atom. The van der Waals surface area contributed by atoms with Crippen molar-refractivity contribution in [1.82, 2.24) is 5.32 Å². The molecule has 11 heavy (non-hydrogen) atoms. The second-order valence-electron chi connectivity index (χ2n) is 3.02. The maximum atomic E-state index is 10.6. The van der Waals surface area contributed by atoms with Crippen LogP contribution in [0, 0.1) is 5.92 Å². The molecule has 4 nitrogen and oxygen atoms in total. The minimum absolute atomic E-state index is 0.0542. The molecule has 66 valence electrons. The molecule has 4 heteroatoms. The van der Waals surface area contributed by atoms with Crippen molar-refractivity contribution in [2.45, 2.75) is 33.0 Å². The number of nitrogens with one attached hydrogen (secondary N) is 1. The molecule has 0 saturated carbocycles. The maximum Gasteiger partial charge on any atom is 0.321 e. The second kappa shape index (κ2) is 4.31. The van der Waals surface area contributed by atoms with Gasteiger partial charge in [-0.25, -0.2) is 0 Å². The molecule has 2 atom stereocenters. The number of carboxylic acid groups (broad SMARTS) is 1. The van der Waals surface area contributed by atoms with Crippen LogP contribution in [0.1, 0.15) is 20.8 Å². The molecule has 0 saturated heterocycles. The highest BCUT2D eigenvalue weighted by atomic mass is 16.4. The van der Waals surface area contributed by atoms with Gasteiger partial charge in [-0.05, 0) is 12.8 Å². The SMILES string of the molecule is CC(N)NC(C(=O)O)C(C)C. The molecule has 4 N–H and O–H groups in total. The molecular weight excluding hydrogens is 144 g/mol. The monoisotopic (exact) mass is 160 g/mol. The van der Waals surface area contributed by atoms with Crippen molar-refractivity contribution < 1.29 is 9.90 Å². The van der Waals surface area contributed by atoms with Crippen molar-refractivity contribution in [3.63, 3.8) is 0 Å². The van der Waals surface area contributed by atoms with Gasteiger partial charge in [0.2, 0.25) is 0 Å². The molecule has 0 rings (SSSR count). The first-order valence-corrected chi connectivity index (χ1v) is 3.69. The van der Waals surface area contributed by atoms with Crippen LogP contribution >= 0.6 is 0 Å². The van der Waals surface area contributed by atoms with Crippen LogP contribution in [0.4, 0.5) is 0 Å². The summed E-state index contributed by atoms with van der Waals surface area (Å²) in [7, 11) is 0. The Kier molecular flexibility index (Phi) is 4.07. The average Bonchev–Trinajstić information content (AvgIpc) is 1.81. The first-order chi connectivity index (χ1) is 4.95. The lowest BCUT2D eigenvalue weighted by atomic mass is 10.0. The van der Waals surface area contributed by atoms with Crippen molar-refractivity contribution in [2.75, 3.05) is 0 Å². The highest BCUT2D eigenvalue weighted by molar-refractivity contribution is 5.73. The van der Waals surface area contributed by atoms with Crippen LogP contribution in [0.25, 0.3) is 0 Å². The highest BCUT2D eigenvalue weighted by Crippen LogP contribution is 2.01. The minimum Gasteiger partial charge on any atom is -0.480 e. The standard InChI is InChI=1S/C7H16N2O2/c1-4(2)6(7(10)11)9-5(3)8/h4-6,9H,8H2,1-3H3,(H,10,11). The molecule has 2 unspecified atom stereocenters. The summed E-state index contributed by atoms with van der Waals surface area (Å²) in [5, 5.41) is 11.4. The largest absolute Gasteiger partial charge is 0.480 e. The minimum atomic E-state index is -0.850. The Balaban J connectivity index is 4.01. The van der Waals surface area contributed by atoms with Crippen molar-refractivity contribution in [3.05, 3.63) is 0 Å². The fourth-order valence-electron chi connectivity index (χ4n) is 0.832. The van der Waals surface area contributed by atoms with Crippen molar-refractivity contribution >= 4 is 5.97 Å². The van der Waals surface area contributed by atoms with Gasteiger partial charge in [-0.15, -0.1) is 0 Å². The number of rotatable bonds is 4. The number of aliphatic carboxylic acids is 1. The van der Waals surface area contributed by atoms with Crippen LogP contribution in [0.2, 0.25) is 0 Å². The number of nitrogens with two attached hydrogens (primary N) is 1. The third kappa shape index (κ3) is 3.95. The van der Waals surface area contributed by atoms with Crippen LogP contribution in [0.3, 0.4) is 0 Å². The van der Waals surface area contributed by atoms with E-state index in [1.807, 2.05) is 13.8 Å². The third-order valence-electron chi connectivity index (χ3n) is 1.38. The summed E-state index contributed by atoms with van der Waals surface area (Å²) in [6, 6.07) is -0.546. The van der Waals surface area contributed by atoms with Crippen molar-refractivity contribution in [1.29, 1.82) is 0 Å². The molecule has 0 amide bonds. The Bertz CT molecular complexity index is 134. The van der Waals surface area contributed by atoms with Gasteiger partial charge in [0.1, 0.15) is 6.04 Å². The molecule has 0 aromatic heterocycles. The lowest BCUT2D eigenvalue weighted by Gasteiger charge is -2.19. The Morgan fingerprint density at radius 3 is 2.00 bits per heavy atom. The quantitative estimate of drug-likeness (QED) is 0.506. The molecule has 0 aromatic rings. The fourth-order valence-corrected chi connectivity index (χ4v) is 0.832. The molecule has 0 aromatic carbocycles. The summed E-state index contributed by atoms with van der Waals surface area (Å²) in [6.07, 6.45) is -0.279. The Labute approximate surface area is 66.8 Å². The summed E-state index contributed by atoms with van der Waals surface area (Å²) in [6.45, 7) is 5.40. The van der Waals surface area contributed by atoms with E-state index in [2.05, 4.69) is 5.32 Å². The molecule has 0 bridgehead atoms. The molecule has 0 fully saturated rings. The fraction of sp³-hybridized carbons (Fsp3) is 0.857. The van der Waals surface area contributed by atoms with Crippen LogP contribution in [-0.2, 0) is 4.79 Å². The zero-order valence-corrected chi connectivity index (χ0v) is 7.16. The van der Waals surface area contributed by atoms with Crippen LogP contribution in [0.5, 0.6) is 0 Å². The zero-order chi connectivity index (χ0) is 9.02. The predicted octanol–water partition coefficient (Wildman–Crippen LogP) is -0.0101. The van der Waals surface area contributed by atoms with E-state index in [9.17, 15) is 4.79 Å². The summed E-state index contributed by atoms with van der Waals surface area (Å²) >= 11 is 0. The van der Waals surface area contributed by atoms with Gasteiger partial charge in [-0.2, -0.15) is 0 Å². The number of hydrogen-bond donors (Lipinski definition) is 3. The maximum absolute atomic E-state index is 10.6. The zero-order valence-electron chi connectivity index (χ0n) is 7.16. The number of hydrogen-bond acceptors (Lipinski definition) is 3. The molecule has 0 aliphatic carbocycles. The lowest BCUT2D eigenvalue weighted by molar-refractivity contribution is -0.140. The number of carboxylic acids is 1. The van der Waals surface area contributed by atoms with Gasteiger partial charge in [-0.3, -0.25) is 10.1 Å². The van der Waals surface area contributed by atoms with Crippen molar-refractivity contribution in [3.8, 4) is 0 Å². The molecular formula is C7H16N2O2. The van der Waals surface area contributed by atoms with E-state index in [4.69, 9.17) is 10.8 Å². The topological polar surface area (TPSA) is 75.3 Å². The highest BCUT2D eigenvalue weighted by Gasteiger charge is 2.21. The van der Waals surface area contributed by atoms with Gasteiger partial charge in [0.15, 0.2) is 0 Å². The third-order valence-corrected chi connectivity index (χ3v) is 1.38. The van der Waals surface area contributed by atoms with Crippen LogP contribution < -0.4 is 11.1 Å². The van der Waals surface area contributed by atoms with Crippen molar-refractivity contribution in [2.24, 2.45) is 11.7 Å². The first kappa shape index (κ1) is 10.4. The van der Waals surface area contributed by atoms with Gasteiger partial charge in [0.05, 0.1) is 6.17 Å². The number of carbonyl (C=O) groups is 1. The van der Waals surface area contributed by atoms with Gasteiger partial charge in [0, 0.05) is 0 Å². The molecule has 0 spiro atoms. The average molecular weight is 160 g/mol. The summed E-state index contributed by atoms with van der Waals surface area (Å²) in [5.74, 6) is -0.796. The summed E-state index contributed by atoms with van der Waals surface area (Å²) in [4.78, 5) is 10.6. The molecule has 0 radical (unpaired) electrons. The van der Waals surface area contributed by atoms with E-state index < -0.39 is 12.0 Å². The predicted molar refractivity (Wildman–Crippen MR) is 43.0 cm³/mol. The Morgan fingerprint density at radius 1 is 1.45 bits per heavy atom. The van der Waals surface area contributed by atoms with Crippen LogP contribution in [-0.4, -0.2) is 23.3 Å². The Hall–Kier alpha value is -0.610. The molecule has 0 heterocycles. The molecule has 0 aliphatic rings. The van der Waals surface area contributed by atoms with E-state index >= 15 is 0 Å². The smallest absolute Gasteiger partial charge is 0.321 e. The van der Waals surface area contributed by atoms with Gasteiger partial charge in [-0.1, -0.05) is 13.8 Å². The van der Waals surface area contributed by atoms with E-state index in [0.717, 1.165) is 0 Å². The van der Waals surface area contributed by atoms with E-state index in [0.29, 0.717) is 0 Å². The summed E-state index contributed by atoms with van der Waals surface area (Å²) in [5.41, 5.74) is 5.39. The van der Waals surface area contributed by atoms with Gasteiger partial charge >= 0.3 is 5.97 Å². The van der Waals surface area contributed by atoms with Crippen LogP contribution in [0.15, 0.2) is 0 Å². The van der Waals surface area contributed by atoms with E-state index in [-0.39, 0.29) is 12.1 Å². The second-order valence-corrected chi connectivity index (χ2v) is 3.02. The van der Waals surface area contributed by atoms with Gasteiger partial charge in [0.25, 0.3) is 0 Å². The molecule has 0 aliphatic heterocycles. The van der Waals surface area contributed by atoms with E-state index in [1.165, 1.54) is 0 Å². The lowest BCUT2D eigenvalue weighted by Crippen LogP contribution is -2.48. The normalized spacial score (nSPS) is 16.5. The van der Waals surface area contributed by atoms with E-state index in [1.54, 1.807) is 6.92 Å².